The lowest BCUT2D eigenvalue weighted by Crippen LogP contribution is -2.34. The predicted octanol–water partition coefficient (Wildman–Crippen LogP) is 1.39. The average Bonchev–Trinajstić information content (AvgIpc) is 2.44. The van der Waals surface area contributed by atoms with Crippen LogP contribution in [0.2, 0.25) is 0 Å². The molecule has 0 aliphatic heterocycles. The molecule has 6 heteroatoms. The third-order valence-corrected chi connectivity index (χ3v) is 2.51. The number of carbonyl (C=O) groups is 2. The van der Waals surface area contributed by atoms with Crippen molar-refractivity contribution in [3.63, 3.8) is 0 Å². The molecular formula is C15H14FNO4. The van der Waals surface area contributed by atoms with Gasteiger partial charge in [-0.25, -0.2) is 4.39 Å². The highest BCUT2D eigenvalue weighted by Gasteiger charge is 2.13. The van der Waals surface area contributed by atoms with Gasteiger partial charge >= 0.3 is 5.97 Å². The van der Waals surface area contributed by atoms with Gasteiger partial charge in [0.1, 0.15) is 6.54 Å². The highest BCUT2D eigenvalue weighted by Crippen LogP contribution is 2.18. The molecule has 0 aromatic heterocycles. The van der Waals surface area contributed by atoms with E-state index in [1.165, 1.54) is 25.3 Å². The van der Waals surface area contributed by atoms with Crippen LogP contribution in [0.25, 0.3) is 6.08 Å². The van der Waals surface area contributed by atoms with E-state index in [1.807, 2.05) is 0 Å². The van der Waals surface area contributed by atoms with E-state index in [0.29, 0.717) is 5.56 Å². The molecule has 110 valence electrons. The van der Waals surface area contributed by atoms with E-state index in [4.69, 9.17) is 16.3 Å². The summed E-state index contributed by atoms with van der Waals surface area (Å²) in [4.78, 5) is 23.4. The number of carbonyl (C=O) groups excluding carboxylic acids is 1. The standard InChI is InChI=1S/C15H14FNO4/c1-3-8-17(10-15(19)20)14(18)7-5-11-4-6-13(21-2)12(16)9-11/h1,4-7,9H,8,10H2,2H3,(H,19,20). The van der Waals surface area contributed by atoms with E-state index in [-0.39, 0.29) is 12.3 Å². The average molecular weight is 291 g/mol. The number of nitrogens with zero attached hydrogens (tertiary/aromatic N) is 1. The number of terminal acetylenes is 1. The molecule has 0 aliphatic rings. The second-order valence-corrected chi connectivity index (χ2v) is 4.02. The Labute approximate surface area is 121 Å². The zero-order valence-electron chi connectivity index (χ0n) is 11.4. The van der Waals surface area contributed by atoms with Gasteiger partial charge in [-0.15, -0.1) is 6.42 Å². The number of benzene rings is 1. The Hall–Kier alpha value is -2.81. The molecule has 0 atom stereocenters. The minimum absolute atomic E-state index is 0.0957. The molecule has 0 saturated carbocycles. The van der Waals surface area contributed by atoms with Crippen molar-refractivity contribution in [3.05, 3.63) is 35.7 Å². The van der Waals surface area contributed by atoms with Crippen molar-refractivity contribution in [2.24, 2.45) is 0 Å². The molecule has 1 rings (SSSR count). The molecule has 0 bridgehead atoms. The van der Waals surface area contributed by atoms with Gasteiger partial charge in [0.25, 0.3) is 0 Å². The number of hydrogen-bond acceptors (Lipinski definition) is 3. The van der Waals surface area contributed by atoms with Crippen LogP contribution in [0.1, 0.15) is 5.56 Å². The third kappa shape index (κ3) is 4.99. The molecule has 1 amide bonds. The first-order valence-electron chi connectivity index (χ1n) is 5.93. The topological polar surface area (TPSA) is 66.8 Å². The summed E-state index contributed by atoms with van der Waals surface area (Å²) in [5.41, 5.74) is 0.442. The molecule has 0 aliphatic carbocycles. The van der Waals surface area contributed by atoms with Crippen LogP contribution in [0, 0.1) is 18.2 Å². The first kappa shape index (κ1) is 16.2. The van der Waals surface area contributed by atoms with Gasteiger partial charge in [0.2, 0.25) is 5.91 Å². The molecule has 1 aromatic rings. The molecule has 0 fully saturated rings. The maximum atomic E-state index is 13.5. The fraction of sp³-hybridized carbons (Fsp3) is 0.200. The Morgan fingerprint density at radius 3 is 2.76 bits per heavy atom. The van der Waals surface area contributed by atoms with Gasteiger partial charge in [-0.3, -0.25) is 9.59 Å². The van der Waals surface area contributed by atoms with Gasteiger partial charge in [0, 0.05) is 6.08 Å². The second-order valence-electron chi connectivity index (χ2n) is 4.02. The molecule has 1 N–H and O–H groups in total. The Bertz CT molecular complexity index is 604. The monoisotopic (exact) mass is 291 g/mol. The Morgan fingerprint density at radius 1 is 1.52 bits per heavy atom. The van der Waals surface area contributed by atoms with Crippen LogP contribution < -0.4 is 4.74 Å². The SMILES string of the molecule is C#CCN(CC(=O)O)C(=O)C=Cc1ccc(OC)c(F)c1. The summed E-state index contributed by atoms with van der Waals surface area (Å²) in [7, 11) is 1.35. The number of amides is 1. The highest BCUT2D eigenvalue weighted by atomic mass is 19.1. The smallest absolute Gasteiger partial charge is 0.323 e. The number of halogens is 1. The minimum atomic E-state index is -1.16. The van der Waals surface area contributed by atoms with E-state index < -0.39 is 24.2 Å². The maximum absolute atomic E-state index is 13.5. The number of methoxy groups -OCH3 is 1. The molecule has 5 nitrogen and oxygen atoms in total. The van der Waals surface area contributed by atoms with Gasteiger partial charge in [-0.05, 0) is 23.8 Å². The first-order valence-corrected chi connectivity index (χ1v) is 5.93. The number of aliphatic carboxylic acids is 1. The first-order chi connectivity index (χ1) is 9.97. The lowest BCUT2D eigenvalue weighted by Gasteiger charge is -2.15. The number of carboxylic acids is 1. The molecule has 0 spiro atoms. The number of rotatable bonds is 6. The van der Waals surface area contributed by atoms with Crippen LogP contribution in [0.3, 0.4) is 0 Å². The van der Waals surface area contributed by atoms with Crippen LogP contribution in [0.5, 0.6) is 5.75 Å². The van der Waals surface area contributed by atoms with Crippen LogP contribution in [-0.2, 0) is 9.59 Å². The van der Waals surface area contributed by atoms with Gasteiger partial charge < -0.3 is 14.7 Å². The molecular weight excluding hydrogens is 277 g/mol. The van der Waals surface area contributed by atoms with Crippen LogP contribution in [0.4, 0.5) is 4.39 Å². The van der Waals surface area contributed by atoms with Crippen molar-refractivity contribution >= 4 is 18.0 Å². The van der Waals surface area contributed by atoms with Crippen LogP contribution >= 0.6 is 0 Å². The number of hydrogen-bond donors (Lipinski definition) is 1. The maximum Gasteiger partial charge on any atom is 0.323 e. The zero-order chi connectivity index (χ0) is 15.8. The van der Waals surface area contributed by atoms with Crippen LogP contribution in [0.15, 0.2) is 24.3 Å². The number of carboxylic acid groups (broad SMARTS) is 1. The molecule has 0 unspecified atom stereocenters. The molecule has 0 heterocycles. The van der Waals surface area contributed by atoms with E-state index >= 15 is 0 Å². The van der Waals surface area contributed by atoms with Crippen molar-refractivity contribution in [1.82, 2.24) is 4.90 Å². The molecule has 1 aromatic carbocycles. The highest BCUT2D eigenvalue weighted by molar-refractivity contribution is 5.93. The molecule has 0 saturated heterocycles. The van der Waals surface area contributed by atoms with Crippen molar-refractivity contribution in [2.75, 3.05) is 20.2 Å². The summed E-state index contributed by atoms with van der Waals surface area (Å²) in [6.07, 6.45) is 7.59. The predicted molar refractivity (Wildman–Crippen MR) is 75.0 cm³/mol. The summed E-state index contributed by atoms with van der Waals surface area (Å²) < 4.78 is 18.2. The summed E-state index contributed by atoms with van der Waals surface area (Å²) in [5.74, 6) is 0.0184. The molecule has 21 heavy (non-hydrogen) atoms. The number of ether oxygens (including phenoxy) is 1. The molecule has 0 radical (unpaired) electrons. The quantitative estimate of drug-likeness (QED) is 0.635. The van der Waals surface area contributed by atoms with E-state index in [0.717, 1.165) is 11.0 Å². The van der Waals surface area contributed by atoms with Gasteiger partial charge in [0.15, 0.2) is 11.6 Å². The van der Waals surface area contributed by atoms with E-state index in [1.54, 1.807) is 6.07 Å². The largest absolute Gasteiger partial charge is 0.494 e. The summed E-state index contributed by atoms with van der Waals surface area (Å²) in [6, 6.07) is 4.19. The zero-order valence-corrected chi connectivity index (χ0v) is 11.4. The second kappa shape index (κ2) is 7.70. The van der Waals surface area contributed by atoms with Gasteiger partial charge in [-0.2, -0.15) is 0 Å². The Morgan fingerprint density at radius 2 is 2.24 bits per heavy atom. The summed E-state index contributed by atoms with van der Waals surface area (Å²) >= 11 is 0. The van der Waals surface area contributed by atoms with Gasteiger partial charge in [-0.1, -0.05) is 12.0 Å². The van der Waals surface area contributed by atoms with E-state index in [2.05, 4.69) is 5.92 Å². The fourth-order valence-electron chi connectivity index (χ4n) is 1.54. The summed E-state index contributed by atoms with van der Waals surface area (Å²) in [5, 5.41) is 8.69. The Kier molecular flexibility index (Phi) is 5.96. The summed E-state index contributed by atoms with van der Waals surface area (Å²) in [6.45, 7) is -0.614. The lowest BCUT2D eigenvalue weighted by atomic mass is 10.2. The van der Waals surface area contributed by atoms with Crippen molar-refractivity contribution in [3.8, 4) is 18.1 Å². The fourth-order valence-corrected chi connectivity index (χ4v) is 1.54. The minimum Gasteiger partial charge on any atom is -0.494 e. The van der Waals surface area contributed by atoms with E-state index in [9.17, 15) is 14.0 Å². The Balaban J connectivity index is 2.82. The van der Waals surface area contributed by atoms with Crippen LogP contribution in [-0.4, -0.2) is 42.1 Å². The normalized spacial score (nSPS) is 10.1. The van der Waals surface area contributed by atoms with Crippen molar-refractivity contribution in [2.45, 2.75) is 0 Å². The third-order valence-electron chi connectivity index (χ3n) is 2.51. The van der Waals surface area contributed by atoms with Gasteiger partial charge in [0.05, 0.1) is 13.7 Å². The lowest BCUT2D eigenvalue weighted by molar-refractivity contribution is -0.142. The van der Waals surface area contributed by atoms with Crippen molar-refractivity contribution < 1.29 is 23.8 Å². The van der Waals surface area contributed by atoms with Crippen molar-refractivity contribution in [1.29, 1.82) is 0 Å².